The van der Waals surface area contributed by atoms with Crippen LogP contribution in [0.4, 0.5) is 13.2 Å². The van der Waals surface area contributed by atoms with Gasteiger partial charge in [-0.05, 0) is 37.3 Å². The number of imidazole rings is 1. The van der Waals surface area contributed by atoms with E-state index in [9.17, 15) is 21.6 Å². The monoisotopic (exact) mass is 451 g/mol. The van der Waals surface area contributed by atoms with E-state index in [-0.39, 0.29) is 23.8 Å². The molecule has 12 heteroatoms. The largest absolute Gasteiger partial charge is 0.471 e. The molecule has 2 heterocycles. The van der Waals surface area contributed by atoms with E-state index in [0.29, 0.717) is 16.6 Å². The van der Waals surface area contributed by atoms with Crippen molar-refractivity contribution in [1.82, 2.24) is 24.4 Å². The summed E-state index contributed by atoms with van der Waals surface area (Å²) in [5, 5.41) is 3.38. The summed E-state index contributed by atoms with van der Waals surface area (Å²) in [6, 6.07) is 11.2. The van der Waals surface area contributed by atoms with E-state index in [1.807, 2.05) is 6.92 Å². The van der Waals surface area contributed by atoms with Crippen molar-refractivity contribution in [3.63, 3.8) is 0 Å². The van der Waals surface area contributed by atoms with Gasteiger partial charge in [0, 0.05) is 18.7 Å². The molecule has 0 spiro atoms. The predicted molar refractivity (Wildman–Crippen MR) is 104 cm³/mol. The number of fused-ring (bicyclic) bond motifs is 1. The van der Waals surface area contributed by atoms with Gasteiger partial charge in [-0.2, -0.15) is 18.2 Å². The number of halogens is 3. The lowest BCUT2D eigenvalue weighted by molar-refractivity contribution is -0.159. The topological polar surface area (TPSA) is 103 Å². The van der Waals surface area contributed by atoms with E-state index in [1.54, 1.807) is 28.8 Å². The van der Waals surface area contributed by atoms with Gasteiger partial charge >= 0.3 is 12.1 Å². The SMILES string of the molecule is Cc1ccc(S(=O)(=O)NCCn2cnc3ccc(-c4noc(C(F)(F)F)n4)cc32)cc1. The first-order valence-corrected chi connectivity index (χ1v) is 10.5. The van der Waals surface area contributed by atoms with Crippen molar-refractivity contribution in [3.8, 4) is 11.4 Å². The van der Waals surface area contributed by atoms with Crippen LogP contribution >= 0.6 is 0 Å². The number of rotatable bonds is 6. The lowest BCUT2D eigenvalue weighted by Gasteiger charge is -2.08. The highest BCUT2D eigenvalue weighted by atomic mass is 32.2. The summed E-state index contributed by atoms with van der Waals surface area (Å²) in [6.07, 6.45) is -3.21. The average Bonchev–Trinajstić information content (AvgIpc) is 3.35. The van der Waals surface area contributed by atoms with Crippen LogP contribution in [-0.2, 0) is 22.7 Å². The van der Waals surface area contributed by atoms with Crippen molar-refractivity contribution in [2.75, 3.05) is 6.54 Å². The first-order valence-electron chi connectivity index (χ1n) is 9.06. The van der Waals surface area contributed by atoms with Gasteiger partial charge in [-0.1, -0.05) is 22.9 Å². The molecule has 31 heavy (non-hydrogen) atoms. The van der Waals surface area contributed by atoms with Crippen LogP contribution in [0.3, 0.4) is 0 Å². The summed E-state index contributed by atoms with van der Waals surface area (Å²) < 4.78 is 71.4. The Kier molecular flexibility index (Phi) is 5.27. The number of aryl methyl sites for hydroxylation is 1. The van der Waals surface area contributed by atoms with Crippen LogP contribution in [0.5, 0.6) is 0 Å². The molecule has 162 valence electrons. The molecule has 4 aromatic rings. The number of alkyl halides is 3. The Balaban J connectivity index is 1.52. The number of aromatic nitrogens is 4. The number of nitrogens with zero attached hydrogens (tertiary/aromatic N) is 4. The smallest absolute Gasteiger partial charge is 0.329 e. The van der Waals surface area contributed by atoms with Crippen LogP contribution in [0, 0.1) is 6.92 Å². The molecule has 0 aliphatic rings. The summed E-state index contributed by atoms with van der Waals surface area (Å²) in [5.41, 5.74) is 2.44. The standard InChI is InChI=1S/C19H16F3N5O3S/c1-12-2-5-14(6-3-12)31(28,29)24-8-9-27-11-23-15-7-4-13(10-16(15)27)17-25-18(30-26-17)19(20,21)22/h2-7,10-11,24H,8-9H2,1H3. The zero-order valence-electron chi connectivity index (χ0n) is 16.1. The fourth-order valence-corrected chi connectivity index (χ4v) is 3.95. The zero-order valence-corrected chi connectivity index (χ0v) is 16.9. The van der Waals surface area contributed by atoms with Crippen molar-refractivity contribution in [2.24, 2.45) is 0 Å². The number of benzene rings is 2. The molecule has 2 aromatic heterocycles. The van der Waals surface area contributed by atoms with E-state index < -0.39 is 22.1 Å². The molecule has 0 aliphatic heterocycles. The molecule has 2 aromatic carbocycles. The second kappa shape index (κ2) is 7.78. The van der Waals surface area contributed by atoms with Gasteiger partial charge in [-0.3, -0.25) is 0 Å². The lowest BCUT2D eigenvalue weighted by Crippen LogP contribution is -2.27. The molecule has 0 amide bonds. The molecule has 0 atom stereocenters. The van der Waals surface area contributed by atoms with E-state index in [2.05, 4.69) is 24.4 Å². The quantitative estimate of drug-likeness (QED) is 0.482. The summed E-state index contributed by atoms with van der Waals surface area (Å²) in [4.78, 5) is 7.77. The van der Waals surface area contributed by atoms with Crippen molar-refractivity contribution in [1.29, 1.82) is 0 Å². The second-order valence-corrected chi connectivity index (χ2v) is 8.54. The second-order valence-electron chi connectivity index (χ2n) is 6.77. The Bertz CT molecular complexity index is 1330. The Morgan fingerprint density at radius 1 is 1.13 bits per heavy atom. The minimum absolute atomic E-state index is 0.0896. The van der Waals surface area contributed by atoms with Gasteiger partial charge < -0.3 is 9.09 Å². The van der Waals surface area contributed by atoms with Crippen molar-refractivity contribution in [3.05, 3.63) is 60.2 Å². The highest BCUT2D eigenvalue weighted by Gasteiger charge is 2.38. The maximum absolute atomic E-state index is 12.7. The first kappa shape index (κ1) is 21.0. The molecule has 1 N–H and O–H groups in total. The van der Waals surface area contributed by atoms with Crippen molar-refractivity contribution < 1.29 is 26.1 Å². The summed E-state index contributed by atoms with van der Waals surface area (Å²) in [6.45, 7) is 2.21. The number of sulfonamides is 1. The van der Waals surface area contributed by atoms with Gasteiger partial charge in [-0.15, -0.1) is 0 Å². The summed E-state index contributed by atoms with van der Waals surface area (Å²) in [7, 11) is -3.67. The van der Waals surface area contributed by atoms with Crippen molar-refractivity contribution >= 4 is 21.1 Å². The molecule has 4 rings (SSSR count). The molecule has 0 unspecified atom stereocenters. The molecule has 0 saturated heterocycles. The molecule has 0 aliphatic carbocycles. The molecule has 8 nitrogen and oxygen atoms in total. The molecule has 0 fully saturated rings. The Hall–Kier alpha value is -3.25. The van der Waals surface area contributed by atoms with E-state index in [0.717, 1.165) is 5.56 Å². The van der Waals surface area contributed by atoms with Crippen LogP contribution in [-0.4, -0.2) is 34.7 Å². The third-order valence-electron chi connectivity index (χ3n) is 4.52. The average molecular weight is 451 g/mol. The highest BCUT2D eigenvalue weighted by Crippen LogP contribution is 2.30. The van der Waals surface area contributed by atoms with Gasteiger partial charge in [0.1, 0.15) is 0 Å². The zero-order chi connectivity index (χ0) is 22.2. The normalized spacial score (nSPS) is 12.5. The Morgan fingerprint density at radius 2 is 1.87 bits per heavy atom. The number of hydrogen-bond acceptors (Lipinski definition) is 6. The molecule has 0 saturated carbocycles. The van der Waals surface area contributed by atoms with Crippen LogP contribution in [0.2, 0.25) is 0 Å². The minimum Gasteiger partial charge on any atom is -0.329 e. The third kappa shape index (κ3) is 4.44. The van der Waals surface area contributed by atoms with Gasteiger partial charge in [0.05, 0.1) is 22.3 Å². The number of nitrogens with one attached hydrogen (secondary N) is 1. The Morgan fingerprint density at radius 3 is 2.55 bits per heavy atom. The van der Waals surface area contributed by atoms with Gasteiger partial charge in [0.15, 0.2) is 0 Å². The maximum atomic E-state index is 12.7. The van der Waals surface area contributed by atoms with Crippen LogP contribution in [0.15, 0.2) is 58.2 Å². The van der Waals surface area contributed by atoms with Gasteiger partial charge in [0.2, 0.25) is 15.8 Å². The molecular weight excluding hydrogens is 435 g/mol. The fourth-order valence-electron chi connectivity index (χ4n) is 2.93. The summed E-state index contributed by atoms with van der Waals surface area (Å²) >= 11 is 0. The Labute approximate surface area is 174 Å². The van der Waals surface area contributed by atoms with Crippen LogP contribution in [0.1, 0.15) is 11.5 Å². The van der Waals surface area contributed by atoms with Gasteiger partial charge in [0.25, 0.3) is 0 Å². The fraction of sp³-hybridized carbons (Fsp3) is 0.211. The minimum atomic E-state index is -4.73. The molecule has 0 bridgehead atoms. The van der Waals surface area contributed by atoms with Crippen LogP contribution < -0.4 is 4.72 Å². The first-order chi connectivity index (χ1) is 14.6. The van der Waals surface area contributed by atoms with E-state index >= 15 is 0 Å². The van der Waals surface area contributed by atoms with E-state index in [4.69, 9.17) is 0 Å². The van der Waals surface area contributed by atoms with Crippen molar-refractivity contribution in [2.45, 2.75) is 24.5 Å². The number of hydrogen-bond donors (Lipinski definition) is 1. The molecule has 0 radical (unpaired) electrons. The summed E-state index contributed by atoms with van der Waals surface area (Å²) in [5.74, 6) is -1.64. The lowest BCUT2D eigenvalue weighted by atomic mass is 10.2. The highest BCUT2D eigenvalue weighted by molar-refractivity contribution is 7.89. The third-order valence-corrected chi connectivity index (χ3v) is 6.00. The van der Waals surface area contributed by atoms with Crippen LogP contribution in [0.25, 0.3) is 22.4 Å². The predicted octanol–water partition coefficient (Wildman–Crippen LogP) is 3.39. The van der Waals surface area contributed by atoms with Gasteiger partial charge in [-0.25, -0.2) is 18.1 Å². The molecular formula is C19H16F3N5O3S. The van der Waals surface area contributed by atoms with E-state index in [1.165, 1.54) is 24.5 Å². The maximum Gasteiger partial charge on any atom is 0.471 e.